The van der Waals surface area contributed by atoms with Crippen LogP contribution >= 0.6 is 0 Å². The number of nitrogens with one attached hydrogen (secondary N) is 1. The second-order valence-corrected chi connectivity index (χ2v) is 10.3. The summed E-state index contributed by atoms with van der Waals surface area (Å²) in [4.78, 5) is 43.5. The summed E-state index contributed by atoms with van der Waals surface area (Å²) < 4.78 is 18.0. The minimum atomic E-state index is -0.956. The summed E-state index contributed by atoms with van der Waals surface area (Å²) in [5.74, 6) is 0.290. The highest BCUT2D eigenvalue weighted by atomic mass is 16.7. The summed E-state index contributed by atoms with van der Waals surface area (Å²) in [5, 5.41) is 10.9. The molecule has 1 atom stereocenters. The summed E-state index contributed by atoms with van der Waals surface area (Å²) in [5.41, 5.74) is 0.402. The molecular formula is C29H29N5O6. The van der Waals surface area contributed by atoms with Crippen LogP contribution in [0.3, 0.4) is 0 Å². The zero-order chi connectivity index (χ0) is 28.4. The molecule has 1 N–H and O–H groups in total. The normalized spacial score (nSPS) is 13.3. The lowest BCUT2D eigenvalue weighted by atomic mass is 9.84. The number of Topliss-reactive ketones (excluding diaryl/α,β-unsaturated/α-hetero) is 1. The molecule has 0 aliphatic carbocycles. The number of hydrogen-bond acceptors (Lipinski definition) is 9. The molecular weight excluding hydrogens is 514 g/mol. The molecule has 0 spiro atoms. The van der Waals surface area contributed by atoms with Gasteiger partial charge in [0.1, 0.15) is 12.4 Å². The van der Waals surface area contributed by atoms with Gasteiger partial charge in [-0.05, 0) is 37.5 Å². The molecule has 1 aliphatic heterocycles. The second-order valence-electron chi connectivity index (χ2n) is 10.3. The zero-order valence-corrected chi connectivity index (χ0v) is 22.6. The van der Waals surface area contributed by atoms with Gasteiger partial charge in [-0.2, -0.15) is 0 Å². The van der Waals surface area contributed by atoms with Gasteiger partial charge in [-0.25, -0.2) is 4.98 Å². The minimum Gasteiger partial charge on any atom is -0.454 e. The molecule has 0 bridgehead atoms. The largest absolute Gasteiger partial charge is 0.454 e. The van der Waals surface area contributed by atoms with E-state index in [4.69, 9.17) is 13.9 Å². The van der Waals surface area contributed by atoms with Gasteiger partial charge < -0.3 is 19.2 Å². The van der Waals surface area contributed by atoms with Crippen LogP contribution in [0.4, 0.5) is 0 Å². The Morgan fingerprint density at radius 3 is 2.52 bits per heavy atom. The number of fused-ring (bicyclic) bond motifs is 1. The average Bonchev–Trinajstić information content (AvgIpc) is 3.63. The van der Waals surface area contributed by atoms with Crippen molar-refractivity contribution in [1.82, 2.24) is 25.1 Å². The highest BCUT2D eigenvalue weighted by Crippen LogP contribution is 2.38. The van der Waals surface area contributed by atoms with E-state index >= 15 is 0 Å². The maximum atomic E-state index is 13.4. The van der Waals surface area contributed by atoms with Crippen LogP contribution in [0.25, 0.3) is 11.4 Å². The third kappa shape index (κ3) is 5.22. The minimum absolute atomic E-state index is 0.156. The molecule has 0 radical (unpaired) electrons. The molecule has 11 nitrogen and oxygen atoms in total. The first-order chi connectivity index (χ1) is 19.1. The van der Waals surface area contributed by atoms with Crippen molar-refractivity contribution in [2.45, 2.75) is 45.7 Å². The van der Waals surface area contributed by atoms with Crippen LogP contribution in [0.1, 0.15) is 49.8 Å². The fourth-order valence-electron chi connectivity index (χ4n) is 4.42. The van der Waals surface area contributed by atoms with Gasteiger partial charge in [0.15, 0.2) is 11.5 Å². The standard InChI is InChI=1S/C29H29N5O6/c1-17(2)24(31-22(35)15-34-23(36)12-13-30-26(34)18-8-6-5-7-9-18)25(37)27-32-33-28(40-27)29(3,4)19-10-11-20-21(14-19)39-16-38-20/h5-14,17,24H,15-16H2,1-4H3,(H,31,35)/t24-/m0/s1. The number of hydrogen-bond donors (Lipinski definition) is 1. The number of aromatic nitrogens is 4. The Morgan fingerprint density at radius 1 is 1.02 bits per heavy atom. The SMILES string of the molecule is CC(C)[C@H](NC(=O)Cn1c(-c2ccccc2)nccc1=O)C(=O)c1nnc(C(C)(C)c2ccc3c(c2)OCO3)o1. The highest BCUT2D eigenvalue weighted by Gasteiger charge is 2.35. The molecule has 0 fully saturated rings. The van der Waals surface area contributed by atoms with Gasteiger partial charge in [-0.3, -0.25) is 19.0 Å². The number of rotatable bonds is 9. The lowest BCUT2D eigenvalue weighted by Crippen LogP contribution is -2.46. The van der Waals surface area contributed by atoms with Crippen molar-refractivity contribution >= 4 is 11.7 Å². The Kier molecular flexibility index (Phi) is 7.20. The fraction of sp³-hybridized carbons (Fsp3) is 0.310. The third-order valence-corrected chi connectivity index (χ3v) is 6.80. The van der Waals surface area contributed by atoms with Gasteiger partial charge in [0.2, 0.25) is 24.4 Å². The van der Waals surface area contributed by atoms with E-state index in [9.17, 15) is 14.4 Å². The molecule has 1 amide bonds. The summed E-state index contributed by atoms with van der Waals surface area (Å²) in [7, 11) is 0. The van der Waals surface area contributed by atoms with Crippen molar-refractivity contribution in [1.29, 1.82) is 0 Å². The lowest BCUT2D eigenvalue weighted by molar-refractivity contribution is -0.122. The number of benzene rings is 2. The average molecular weight is 544 g/mol. The van der Waals surface area contributed by atoms with Crippen LogP contribution in [0, 0.1) is 5.92 Å². The second kappa shape index (κ2) is 10.8. The van der Waals surface area contributed by atoms with Crippen molar-refractivity contribution in [3.05, 3.63) is 88.5 Å². The van der Waals surface area contributed by atoms with E-state index in [-0.39, 0.29) is 36.6 Å². The van der Waals surface area contributed by atoms with E-state index in [1.54, 1.807) is 26.0 Å². The van der Waals surface area contributed by atoms with Gasteiger partial charge >= 0.3 is 0 Å². The fourth-order valence-corrected chi connectivity index (χ4v) is 4.42. The summed E-state index contributed by atoms with van der Waals surface area (Å²) in [6, 6.07) is 14.9. The van der Waals surface area contributed by atoms with E-state index in [1.807, 2.05) is 50.2 Å². The van der Waals surface area contributed by atoms with Crippen LogP contribution in [-0.4, -0.2) is 44.3 Å². The summed E-state index contributed by atoms with van der Waals surface area (Å²) in [6.07, 6.45) is 1.40. The van der Waals surface area contributed by atoms with E-state index in [0.29, 0.717) is 22.9 Å². The van der Waals surface area contributed by atoms with Crippen LogP contribution in [0.5, 0.6) is 11.5 Å². The maximum Gasteiger partial charge on any atom is 0.286 e. The molecule has 0 unspecified atom stereocenters. The molecule has 3 heterocycles. The Bertz CT molecular complexity index is 1610. The van der Waals surface area contributed by atoms with E-state index in [0.717, 1.165) is 5.56 Å². The van der Waals surface area contributed by atoms with Crippen LogP contribution in [-0.2, 0) is 16.8 Å². The predicted octanol–water partition coefficient (Wildman–Crippen LogP) is 3.37. The monoisotopic (exact) mass is 543 g/mol. The molecule has 40 heavy (non-hydrogen) atoms. The molecule has 0 saturated carbocycles. The quantitative estimate of drug-likeness (QED) is 0.315. The number of amides is 1. The number of ketones is 1. The first-order valence-corrected chi connectivity index (χ1v) is 12.8. The van der Waals surface area contributed by atoms with Crippen molar-refractivity contribution in [3.63, 3.8) is 0 Å². The molecule has 2 aromatic carbocycles. The lowest BCUT2D eigenvalue weighted by Gasteiger charge is -2.21. The van der Waals surface area contributed by atoms with Crippen LogP contribution in [0.2, 0.25) is 0 Å². The number of ether oxygens (including phenoxy) is 2. The topological polar surface area (TPSA) is 138 Å². The summed E-state index contributed by atoms with van der Waals surface area (Å²) >= 11 is 0. The highest BCUT2D eigenvalue weighted by molar-refractivity contribution is 5.98. The Balaban J connectivity index is 1.34. The Hall–Kier alpha value is -4.80. The maximum absolute atomic E-state index is 13.4. The van der Waals surface area contributed by atoms with Gasteiger partial charge in [0, 0.05) is 17.8 Å². The molecule has 1 aliphatic rings. The molecule has 0 saturated heterocycles. The van der Waals surface area contributed by atoms with Crippen LogP contribution < -0.4 is 20.3 Å². The van der Waals surface area contributed by atoms with Crippen molar-refractivity contribution in [2.75, 3.05) is 6.79 Å². The zero-order valence-electron chi connectivity index (χ0n) is 22.6. The van der Waals surface area contributed by atoms with Gasteiger partial charge in [0.25, 0.3) is 11.4 Å². The Morgan fingerprint density at radius 2 is 1.77 bits per heavy atom. The van der Waals surface area contributed by atoms with Gasteiger partial charge in [-0.15, -0.1) is 10.2 Å². The number of nitrogens with zero attached hydrogens (tertiary/aromatic N) is 4. The molecule has 2 aromatic heterocycles. The van der Waals surface area contributed by atoms with Crippen LogP contribution in [0.15, 0.2) is 70.0 Å². The predicted molar refractivity (Wildman–Crippen MR) is 144 cm³/mol. The van der Waals surface area contributed by atoms with Gasteiger partial charge in [-0.1, -0.05) is 50.2 Å². The third-order valence-electron chi connectivity index (χ3n) is 6.80. The molecule has 5 rings (SSSR count). The summed E-state index contributed by atoms with van der Waals surface area (Å²) in [6.45, 7) is 7.21. The number of carbonyl (C=O) groups is 2. The Labute approximate surface area is 230 Å². The van der Waals surface area contributed by atoms with E-state index in [1.165, 1.54) is 16.8 Å². The molecule has 4 aromatic rings. The smallest absolute Gasteiger partial charge is 0.286 e. The first-order valence-electron chi connectivity index (χ1n) is 12.8. The van der Waals surface area contributed by atoms with E-state index < -0.39 is 23.1 Å². The molecule has 206 valence electrons. The first kappa shape index (κ1) is 26.8. The number of carbonyl (C=O) groups excluding carboxylic acids is 2. The van der Waals surface area contributed by atoms with Crippen molar-refractivity contribution in [3.8, 4) is 22.9 Å². The van der Waals surface area contributed by atoms with Crippen molar-refractivity contribution < 1.29 is 23.5 Å². The van der Waals surface area contributed by atoms with Gasteiger partial charge in [0.05, 0.1) is 11.5 Å². The van der Waals surface area contributed by atoms with Crippen molar-refractivity contribution in [2.24, 2.45) is 5.92 Å². The van der Waals surface area contributed by atoms with E-state index in [2.05, 4.69) is 20.5 Å². The molecule has 11 heteroatoms.